The topological polar surface area (TPSA) is 52.6 Å². The van der Waals surface area contributed by atoms with Crippen molar-refractivity contribution in [1.82, 2.24) is 0 Å². The zero-order valence-electron chi connectivity index (χ0n) is 14.6. The summed E-state index contributed by atoms with van der Waals surface area (Å²) in [4.78, 5) is -0.0488. The molecular weight excluding hydrogens is 398 g/mol. The maximum atomic E-state index is 15.5. The van der Waals surface area contributed by atoms with Crippen LogP contribution in [0.1, 0.15) is 12.8 Å². The van der Waals surface area contributed by atoms with E-state index in [9.17, 15) is 12.8 Å². The molecule has 2 atom stereocenters. The molecule has 1 aromatic rings. The molecule has 0 aliphatic heterocycles. The Balaban J connectivity index is 2.22. The summed E-state index contributed by atoms with van der Waals surface area (Å²) in [7, 11) is -4.05. The monoisotopic (exact) mass is 418 g/mol. The lowest BCUT2D eigenvalue weighted by atomic mass is 9.91. The molecule has 0 N–H and O–H groups in total. The van der Waals surface area contributed by atoms with Gasteiger partial charge in [0.05, 0.1) is 17.8 Å². The molecule has 1 aromatic carbocycles. The summed E-state index contributed by atoms with van der Waals surface area (Å²) in [6, 6.07) is 5.51. The van der Waals surface area contributed by atoms with Crippen molar-refractivity contribution in [3.63, 3.8) is 0 Å². The van der Waals surface area contributed by atoms with Crippen LogP contribution in [0.5, 0.6) is 0 Å². The van der Waals surface area contributed by atoms with E-state index in [2.05, 4.69) is 6.58 Å². The number of sulfone groups is 1. The molecule has 0 saturated carbocycles. The average Bonchev–Trinajstić information content (AvgIpc) is 2.64. The van der Waals surface area contributed by atoms with Gasteiger partial charge in [-0.05, 0) is 48.9 Å². The number of benzene rings is 1. The summed E-state index contributed by atoms with van der Waals surface area (Å²) >= 11 is 5.81. The molecular formula is C19H21ClF2O4S. The van der Waals surface area contributed by atoms with Crippen LogP contribution >= 0.6 is 11.6 Å². The summed E-state index contributed by atoms with van der Waals surface area (Å²) in [5, 5.41) is -1.07. The number of halogens is 3. The zero-order chi connectivity index (χ0) is 19.9. The highest BCUT2D eigenvalue weighted by atomic mass is 35.5. The van der Waals surface area contributed by atoms with Gasteiger partial charge in [0.15, 0.2) is 9.84 Å². The second-order valence-corrected chi connectivity index (χ2v) is 8.55. The molecule has 0 amide bonds. The van der Waals surface area contributed by atoms with Crippen LogP contribution in [0.3, 0.4) is 0 Å². The smallest absolute Gasteiger partial charge is 0.184 e. The van der Waals surface area contributed by atoms with E-state index >= 15 is 4.39 Å². The lowest BCUT2D eigenvalue weighted by Crippen LogP contribution is -2.43. The minimum absolute atomic E-state index is 0.00367. The van der Waals surface area contributed by atoms with E-state index < -0.39 is 26.6 Å². The molecule has 0 radical (unpaired) electrons. The first kappa shape index (κ1) is 21.6. The van der Waals surface area contributed by atoms with Gasteiger partial charge in [-0.3, -0.25) is 0 Å². The average molecular weight is 419 g/mol. The third kappa shape index (κ3) is 5.64. The SMILES string of the molecule is C=COCCOCCC(C1(F)C=CC(F)=CC1)S(=O)(=O)c1ccc(Cl)cc1. The zero-order valence-corrected chi connectivity index (χ0v) is 16.2. The van der Waals surface area contributed by atoms with Gasteiger partial charge in [-0.15, -0.1) is 0 Å². The van der Waals surface area contributed by atoms with Gasteiger partial charge in [0.1, 0.15) is 23.4 Å². The Labute approximate surface area is 163 Å². The Morgan fingerprint density at radius 1 is 1.26 bits per heavy atom. The van der Waals surface area contributed by atoms with E-state index in [0.29, 0.717) is 5.02 Å². The number of rotatable bonds is 10. The molecule has 0 saturated heterocycles. The van der Waals surface area contributed by atoms with Crippen molar-refractivity contribution in [2.45, 2.75) is 28.7 Å². The lowest BCUT2D eigenvalue weighted by molar-refractivity contribution is 0.0760. The van der Waals surface area contributed by atoms with Crippen molar-refractivity contribution in [2.24, 2.45) is 0 Å². The van der Waals surface area contributed by atoms with E-state index in [-0.39, 0.29) is 37.6 Å². The highest BCUT2D eigenvalue weighted by Gasteiger charge is 2.46. The fourth-order valence-electron chi connectivity index (χ4n) is 2.77. The number of alkyl halides is 1. The Morgan fingerprint density at radius 3 is 2.56 bits per heavy atom. The summed E-state index contributed by atoms with van der Waals surface area (Å²) in [5.41, 5.74) is -2.24. The van der Waals surface area contributed by atoms with Crippen molar-refractivity contribution in [3.8, 4) is 0 Å². The van der Waals surface area contributed by atoms with Crippen LogP contribution in [0.2, 0.25) is 5.02 Å². The van der Waals surface area contributed by atoms with Crippen LogP contribution < -0.4 is 0 Å². The Kier molecular flexibility index (Phi) is 7.59. The molecule has 1 aliphatic rings. The predicted octanol–water partition coefficient (Wildman–Crippen LogP) is 4.57. The van der Waals surface area contributed by atoms with Crippen molar-refractivity contribution in [2.75, 3.05) is 19.8 Å². The van der Waals surface area contributed by atoms with Gasteiger partial charge in [0.2, 0.25) is 0 Å². The second kappa shape index (κ2) is 9.48. The van der Waals surface area contributed by atoms with Crippen LogP contribution in [-0.2, 0) is 19.3 Å². The maximum Gasteiger partial charge on any atom is 0.184 e. The summed E-state index contributed by atoms with van der Waals surface area (Å²) in [6.07, 6.45) is 3.76. The third-order valence-corrected chi connectivity index (χ3v) is 6.73. The Bertz CT molecular complexity index is 806. The molecule has 2 rings (SSSR count). The molecule has 2 unspecified atom stereocenters. The first-order valence-electron chi connectivity index (χ1n) is 8.33. The van der Waals surface area contributed by atoms with E-state index in [1.165, 1.54) is 30.5 Å². The van der Waals surface area contributed by atoms with Gasteiger partial charge in [-0.2, -0.15) is 0 Å². The van der Waals surface area contributed by atoms with Crippen LogP contribution in [0.25, 0.3) is 0 Å². The van der Waals surface area contributed by atoms with Gasteiger partial charge in [0.25, 0.3) is 0 Å². The van der Waals surface area contributed by atoms with Crippen molar-refractivity contribution >= 4 is 21.4 Å². The van der Waals surface area contributed by atoms with Gasteiger partial charge >= 0.3 is 0 Å². The fourth-order valence-corrected chi connectivity index (χ4v) is 4.84. The van der Waals surface area contributed by atoms with Crippen LogP contribution in [0, 0.1) is 0 Å². The third-order valence-electron chi connectivity index (χ3n) is 4.17. The maximum absolute atomic E-state index is 15.5. The van der Waals surface area contributed by atoms with E-state index in [4.69, 9.17) is 21.1 Å². The normalized spacial score (nSPS) is 20.8. The van der Waals surface area contributed by atoms with Gasteiger partial charge in [-0.1, -0.05) is 18.2 Å². The standard InChI is InChI=1S/C19H21ClF2O4S/c1-2-25-13-14-26-12-9-18(19(22)10-7-16(21)8-11-19)27(23,24)17-5-3-15(20)4-6-17/h2-8,10,18H,1,9,11-14H2. The molecule has 1 aliphatic carbocycles. The van der Waals surface area contributed by atoms with Crippen molar-refractivity contribution in [1.29, 1.82) is 0 Å². The molecule has 4 nitrogen and oxygen atoms in total. The first-order chi connectivity index (χ1) is 12.8. The van der Waals surface area contributed by atoms with Crippen molar-refractivity contribution < 1.29 is 26.7 Å². The van der Waals surface area contributed by atoms with E-state index in [1.54, 1.807) is 0 Å². The predicted molar refractivity (Wildman–Crippen MR) is 101 cm³/mol. The Hall–Kier alpha value is -1.70. The lowest BCUT2D eigenvalue weighted by Gasteiger charge is -2.31. The number of allylic oxidation sites excluding steroid dienone is 4. The highest BCUT2D eigenvalue weighted by Crippen LogP contribution is 2.37. The molecule has 8 heteroatoms. The summed E-state index contributed by atoms with van der Waals surface area (Å²) in [5.74, 6) is -0.594. The Morgan fingerprint density at radius 2 is 1.96 bits per heavy atom. The van der Waals surface area contributed by atoms with Gasteiger partial charge in [-0.25, -0.2) is 17.2 Å². The summed E-state index contributed by atoms with van der Waals surface area (Å²) in [6.45, 7) is 3.87. The fraction of sp³-hybridized carbons (Fsp3) is 0.368. The second-order valence-electron chi connectivity index (χ2n) is 5.98. The molecule has 27 heavy (non-hydrogen) atoms. The quantitative estimate of drug-likeness (QED) is 0.412. The highest BCUT2D eigenvalue weighted by molar-refractivity contribution is 7.92. The summed E-state index contributed by atoms with van der Waals surface area (Å²) < 4.78 is 65.2. The molecule has 0 spiro atoms. The minimum atomic E-state index is -4.05. The van der Waals surface area contributed by atoms with Crippen LogP contribution in [0.15, 0.2) is 66.1 Å². The van der Waals surface area contributed by atoms with Crippen LogP contribution in [0.4, 0.5) is 8.78 Å². The number of hydrogen-bond acceptors (Lipinski definition) is 4. The number of hydrogen-bond donors (Lipinski definition) is 0. The minimum Gasteiger partial charge on any atom is -0.499 e. The largest absolute Gasteiger partial charge is 0.499 e. The van der Waals surface area contributed by atoms with Crippen LogP contribution in [-0.4, -0.2) is 39.2 Å². The van der Waals surface area contributed by atoms with E-state index in [1.807, 2.05) is 0 Å². The molecule has 148 valence electrons. The van der Waals surface area contributed by atoms with E-state index in [0.717, 1.165) is 18.2 Å². The molecule has 0 aromatic heterocycles. The molecule has 0 heterocycles. The molecule has 0 fully saturated rings. The number of ether oxygens (including phenoxy) is 2. The first-order valence-corrected chi connectivity index (χ1v) is 10.3. The molecule has 0 bridgehead atoms. The van der Waals surface area contributed by atoms with Crippen molar-refractivity contribution in [3.05, 3.63) is 66.2 Å². The van der Waals surface area contributed by atoms with Gasteiger partial charge < -0.3 is 9.47 Å². The van der Waals surface area contributed by atoms with Gasteiger partial charge in [0, 0.05) is 18.1 Å².